The van der Waals surface area contributed by atoms with Gasteiger partial charge in [-0.2, -0.15) is 0 Å². The van der Waals surface area contributed by atoms with Crippen molar-refractivity contribution in [2.75, 3.05) is 6.54 Å². The van der Waals surface area contributed by atoms with E-state index in [0.717, 1.165) is 12.8 Å². The molecule has 2 heterocycles. The maximum atomic E-state index is 11.1. The Kier molecular flexibility index (Phi) is 3.00. The zero-order chi connectivity index (χ0) is 14.4. The van der Waals surface area contributed by atoms with E-state index in [1.54, 1.807) is 0 Å². The predicted octanol–water partition coefficient (Wildman–Crippen LogP) is 2.78. The Morgan fingerprint density at radius 3 is 2.90 bits per heavy atom. The van der Waals surface area contributed by atoms with Gasteiger partial charge in [-0.1, -0.05) is 6.07 Å². The first kappa shape index (κ1) is 12.9. The zero-order valence-electron chi connectivity index (χ0n) is 12.0. The second kappa shape index (κ2) is 4.88. The molecule has 1 aromatic carbocycles. The minimum absolute atomic E-state index is 0.171. The number of hydrogen-bond acceptors (Lipinski definition) is 2. The summed E-state index contributed by atoms with van der Waals surface area (Å²) in [5.41, 5.74) is 5.32. The minimum atomic E-state index is -0.690. The molecular formula is C17H20N2O2. The summed E-state index contributed by atoms with van der Waals surface area (Å²) >= 11 is 0. The number of carboxylic acid groups (broad SMARTS) is 1. The van der Waals surface area contributed by atoms with Gasteiger partial charge in [0.15, 0.2) is 0 Å². The fraction of sp³-hybridized carbons (Fsp3) is 0.471. The average Bonchev–Trinajstić information content (AvgIpc) is 3.11. The first-order valence-corrected chi connectivity index (χ1v) is 7.82. The van der Waals surface area contributed by atoms with Crippen molar-refractivity contribution in [3.63, 3.8) is 0 Å². The SMILES string of the molecule is O=C(O)C1CNC(c2ccc3[nH]c4c(c3c2)CCCC4)C1. The van der Waals surface area contributed by atoms with Gasteiger partial charge in [0.2, 0.25) is 0 Å². The zero-order valence-corrected chi connectivity index (χ0v) is 12.0. The number of carboxylic acids is 1. The van der Waals surface area contributed by atoms with E-state index in [1.165, 1.54) is 40.6 Å². The summed E-state index contributed by atoms with van der Waals surface area (Å²) in [4.78, 5) is 14.6. The van der Waals surface area contributed by atoms with E-state index in [9.17, 15) is 4.79 Å². The van der Waals surface area contributed by atoms with Crippen LogP contribution in [0.15, 0.2) is 18.2 Å². The van der Waals surface area contributed by atoms with E-state index in [2.05, 4.69) is 28.5 Å². The first-order chi connectivity index (χ1) is 10.2. The monoisotopic (exact) mass is 284 g/mol. The second-order valence-corrected chi connectivity index (χ2v) is 6.33. The smallest absolute Gasteiger partial charge is 0.307 e. The molecule has 2 aromatic rings. The average molecular weight is 284 g/mol. The summed E-state index contributed by atoms with van der Waals surface area (Å²) in [6.07, 6.45) is 5.55. The van der Waals surface area contributed by atoms with Crippen LogP contribution >= 0.6 is 0 Å². The van der Waals surface area contributed by atoms with Crippen molar-refractivity contribution in [1.82, 2.24) is 10.3 Å². The van der Waals surface area contributed by atoms with Gasteiger partial charge in [-0.05, 0) is 55.4 Å². The quantitative estimate of drug-likeness (QED) is 0.794. The molecule has 0 amide bonds. The highest BCUT2D eigenvalue weighted by Crippen LogP contribution is 2.33. The number of fused-ring (bicyclic) bond motifs is 3. The van der Waals surface area contributed by atoms with Crippen LogP contribution < -0.4 is 5.32 Å². The number of hydrogen-bond donors (Lipinski definition) is 3. The topological polar surface area (TPSA) is 65.1 Å². The molecule has 0 spiro atoms. The van der Waals surface area contributed by atoms with Crippen molar-refractivity contribution in [2.24, 2.45) is 5.92 Å². The fourth-order valence-corrected chi connectivity index (χ4v) is 3.82. The Morgan fingerprint density at radius 1 is 1.24 bits per heavy atom. The largest absolute Gasteiger partial charge is 0.481 e. The normalized spacial score (nSPS) is 25.1. The maximum absolute atomic E-state index is 11.1. The van der Waals surface area contributed by atoms with Crippen LogP contribution in [0.2, 0.25) is 0 Å². The van der Waals surface area contributed by atoms with Crippen molar-refractivity contribution in [3.05, 3.63) is 35.0 Å². The third-order valence-corrected chi connectivity index (χ3v) is 5.00. The number of aromatic nitrogens is 1. The number of H-pyrrole nitrogens is 1. The van der Waals surface area contributed by atoms with Crippen LogP contribution in [-0.2, 0) is 17.6 Å². The second-order valence-electron chi connectivity index (χ2n) is 6.33. The van der Waals surface area contributed by atoms with Crippen molar-refractivity contribution in [2.45, 2.75) is 38.1 Å². The van der Waals surface area contributed by atoms with E-state index < -0.39 is 5.97 Å². The van der Waals surface area contributed by atoms with Gasteiger partial charge in [-0.25, -0.2) is 0 Å². The molecule has 3 N–H and O–H groups in total. The molecule has 1 fully saturated rings. The molecule has 4 nitrogen and oxygen atoms in total. The van der Waals surface area contributed by atoms with E-state index >= 15 is 0 Å². The fourth-order valence-electron chi connectivity index (χ4n) is 3.82. The van der Waals surface area contributed by atoms with Gasteiger partial charge in [-0.3, -0.25) is 4.79 Å². The maximum Gasteiger partial charge on any atom is 0.307 e. The molecule has 110 valence electrons. The lowest BCUT2D eigenvalue weighted by molar-refractivity contribution is -0.141. The van der Waals surface area contributed by atoms with E-state index in [4.69, 9.17) is 5.11 Å². The van der Waals surface area contributed by atoms with Crippen LogP contribution in [0.1, 0.15) is 42.1 Å². The van der Waals surface area contributed by atoms with Crippen LogP contribution in [-0.4, -0.2) is 22.6 Å². The molecule has 1 aliphatic carbocycles. The number of aromatic amines is 1. The standard InChI is InChI=1S/C17H20N2O2/c20-17(21)11-8-16(18-9-11)10-5-6-15-13(7-10)12-3-1-2-4-14(12)19-15/h5-7,11,16,18-19H,1-4,8-9H2,(H,20,21). The Morgan fingerprint density at radius 2 is 2.10 bits per heavy atom. The molecule has 2 atom stereocenters. The Labute approximate surface area is 123 Å². The molecule has 0 radical (unpaired) electrons. The van der Waals surface area contributed by atoms with Crippen LogP contribution in [0.5, 0.6) is 0 Å². The van der Waals surface area contributed by atoms with Gasteiger partial charge in [0.25, 0.3) is 0 Å². The van der Waals surface area contributed by atoms with Crippen LogP contribution in [0, 0.1) is 5.92 Å². The third-order valence-electron chi connectivity index (χ3n) is 5.00. The van der Waals surface area contributed by atoms with E-state index in [1.807, 2.05) is 0 Å². The van der Waals surface area contributed by atoms with E-state index in [-0.39, 0.29) is 12.0 Å². The van der Waals surface area contributed by atoms with Crippen molar-refractivity contribution in [1.29, 1.82) is 0 Å². The highest BCUT2D eigenvalue weighted by Gasteiger charge is 2.30. The predicted molar refractivity (Wildman–Crippen MR) is 81.4 cm³/mol. The Balaban J connectivity index is 1.69. The summed E-state index contributed by atoms with van der Waals surface area (Å²) in [6.45, 7) is 0.573. The molecule has 4 heteroatoms. The highest BCUT2D eigenvalue weighted by molar-refractivity contribution is 5.85. The van der Waals surface area contributed by atoms with Gasteiger partial charge < -0.3 is 15.4 Å². The van der Waals surface area contributed by atoms with Crippen LogP contribution in [0.4, 0.5) is 0 Å². The van der Waals surface area contributed by atoms with Crippen molar-refractivity contribution in [3.8, 4) is 0 Å². The molecule has 0 saturated carbocycles. The number of benzene rings is 1. The summed E-state index contributed by atoms with van der Waals surface area (Å²) in [7, 11) is 0. The third kappa shape index (κ3) is 2.14. The lowest BCUT2D eigenvalue weighted by Gasteiger charge is -2.13. The van der Waals surface area contributed by atoms with Crippen LogP contribution in [0.25, 0.3) is 10.9 Å². The van der Waals surface area contributed by atoms with Crippen molar-refractivity contribution < 1.29 is 9.90 Å². The van der Waals surface area contributed by atoms with Crippen molar-refractivity contribution >= 4 is 16.9 Å². The molecular weight excluding hydrogens is 264 g/mol. The number of rotatable bonds is 2. The van der Waals surface area contributed by atoms with Gasteiger partial charge in [0.1, 0.15) is 0 Å². The highest BCUT2D eigenvalue weighted by atomic mass is 16.4. The lowest BCUT2D eigenvalue weighted by Crippen LogP contribution is -2.17. The minimum Gasteiger partial charge on any atom is -0.481 e. The number of aliphatic carboxylic acids is 1. The van der Waals surface area contributed by atoms with E-state index in [0.29, 0.717) is 13.0 Å². The summed E-state index contributed by atoms with van der Waals surface area (Å²) in [5.74, 6) is -0.948. The summed E-state index contributed by atoms with van der Waals surface area (Å²) < 4.78 is 0. The number of carbonyl (C=O) groups is 1. The van der Waals surface area contributed by atoms with Crippen LogP contribution in [0.3, 0.4) is 0 Å². The molecule has 1 saturated heterocycles. The molecule has 1 aromatic heterocycles. The Hall–Kier alpha value is -1.81. The number of aryl methyl sites for hydroxylation is 2. The molecule has 2 unspecified atom stereocenters. The first-order valence-electron chi connectivity index (χ1n) is 7.82. The molecule has 2 aliphatic rings. The molecule has 1 aliphatic heterocycles. The Bertz CT molecular complexity index is 704. The number of nitrogens with one attached hydrogen (secondary N) is 2. The lowest BCUT2D eigenvalue weighted by atomic mass is 9.93. The van der Waals surface area contributed by atoms with Gasteiger partial charge in [-0.15, -0.1) is 0 Å². The molecule has 4 rings (SSSR count). The summed E-state index contributed by atoms with van der Waals surface area (Å²) in [5, 5.41) is 13.8. The van der Waals surface area contributed by atoms with Gasteiger partial charge in [0.05, 0.1) is 5.92 Å². The van der Waals surface area contributed by atoms with Gasteiger partial charge >= 0.3 is 5.97 Å². The summed E-state index contributed by atoms with van der Waals surface area (Å²) in [6, 6.07) is 6.72. The molecule has 0 bridgehead atoms. The molecule has 21 heavy (non-hydrogen) atoms. The van der Waals surface area contributed by atoms with Gasteiger partial charge in [0, 0.05) is 29.2 Å².